The summed E-state index contributed by atoms with van der Waals surface area (Å²) in [7, 11) is -3.96. The number of nitrogens with zero attached hydrogens (tertiary/aromatic N) is 3. The molecule has 0 bridgehead atoms. The van der Waals surface area contributed by atoms with Crippen LogP contribution in [0, 0.1) is 17.5 Å². The maximum atomic E-state index is 14.6. The van der Waals surface area contributed by atoms with E-state index in [4.69, 9.17) is 0 Å². The largest absolute Gasteiger partial charge is 0.417 e. The number of piperidine rings is 1. The number of nitrogens with one attached hydrogen (secondary N) is 1. The Labute approximate surface area is 203 Å². The van der Waals surface area contributed by atoms with Gasteiger partial charge in [0.05, 0.1) is 11.6 Å². The molecule has 2 fully saturated rings. The SMILES string of the molecule is CS(=O)(=O)c1cc(F)c(CC2CNC(=O)N2C2CCN(c3ncc(C(F)(F)F)cc3F)CC2)cc1F. The lowest BCUT2D eigenvalue weighted by molar-refractivity contribution is -0.138. The molecule has 2 amide bonds. The summed E-state index contributed by atoms with van der Waals surface area (Å²) >= 11 is 0. The van der Waals surface area contributed by atoms with Gasteiger partial charge in [-0.2, -0.15) is 13.2 Å². The maximum absolute atomic E-state index is 14.6. The summed E-state index contributed by atoms with van der Waals surface area (Å²) < 4.78 is 105. The van der Waals surface area contributed by atoms with Gasteiger partial charge in [0, 0.05) is 38.1 Å². The fourth-order valence-electron chi connectivity index (χ4n) is 4.63. The number of rotatable bonds is 5. The molecule has 196 valence electrons. The van der Waals surface area contributed by atoms with Crippen LogP contribution in [0.5, 0.6) is 0 Å². The number of halogens is 6. The fourth-order valence-corrected chi connectivity index (χ4v) is 5.36. The number of urea groups is 1. The van der Waals surface area contributed by atoms with E-state index in [-0.39, 0.29) is 43.5 Å². The van der Waals surface area contributed by atoms with Crippen molar-refractivity contribution in [3.05, 3.63) is 53.0 Å². The third kappa shape index (κ3) is 5.22. The Morgan fingerprint density at radius 3 is 2.31 bits per heavy atom. The summed E-state index contributed by atoms with van der Waals surface area (Å²) in [5, 5.41) is 2.66. The number of amides is 2. The second-order valence-electron chi connectivity index (χ2n) is 8.84. The molecule has 1 atom stereocenters. The standard InChI is InChI=1S/C22H22F6N4O3S/c1-36(34,35)19-9-16(23)12(7-17(19)24)6-15-11-30-21(33)32(15)14-2-4-31(5-3-14)20-18(25)8-13(10-29-20)22(26,27)28/h7-10,14-15H,2-6,11H2,1H3,(H,30,33). The van der Waals surface area contributed by atoms with E-state index < -0.39 is 56.0 Å². The number of anilines is 1. The first kappa shape index (κ1) is 26.0. The Bertz CT molecular complexity index is 1280. The zero-order chi connectivity index (χ0) is 26.4. The van der Waals surface area contributed by atoms with Gasteiger partial charge in [-0.25, -0.2) is 31.4 Å². The number of alkyl halides is 3. The quantitative estimate of drug-likeness (QED) is 0.592. The van der Waals surface area contributed by atoms with Crippen LogP contribution in [0.2, 0.25) is 0 Å². The molecule has 1 aromatic heterocycles. The summed E-state index contributed by atoms with van der Waals surface area (Å²) in [6.45, 7) is 0.577. The van der Waals surface area contributed by atoms with E-state index in [0.29, 0.717) is 31.2 Å². The third-order valence-corrected chi connectivity index (χ3v) is 7.49. The first-order valence-electron chi connectivity index (χ1n) is 11.0. The summed E-state index contributed by atoms with van der Waals surface area (Å²) in [5.74, 6) is -3.31. The molecule has 3 heterocycles. The molecule has 0 radical (unpaired) electrons. The number of aromatic nitrogens is 1. The summed E-state index contributed by atoms with van der Waals surface area (Å²) in [4.78, 5) is 18.4. The minimum Gasteiger partial charge on any atom is -0.354 e. The predicted molar refractivity (Wildman–Crippen MR) is 117 cm³/mol. The van der Waals surface area contributed by atoms with Crippen LogP contribution >= 0.6 is 0 Å². The van der Waals surface area contributed by atoms with Crippen molar-refractivity contribution in [3.63, 3.8) is 0 Å². The lowest BCUT2D eigenvalue weighted by atomic mass is 9.98. The van der Waals surface area contributed by atoms with Crippen LogP contribution in [0.3, 0.4) is 0 Å². The molecule has 2 aliphatic rings. The van der Waals surface area contributed by atoms with E-state index in [0.717, 1.165) is 12.3 Å². The zero-order valence-electron chi connectivity index (χ0n) is 18.9. The molecule has 36 heavy (non-hydrogen) atoms. The Kier molecular flexibility index (Phi) is 6.84. The van der Waals surface area contributed by atoms with Crippen LogP contribution < -0.4 is 10.2 Å². The fraction of sp³-hybridized carbons (Fsp3) is 0.455. The van der Waals surface area contributed by atoms with E-state index in [2.05, 4.69) is 10.3 Å². The molecular weight excluding hydrogens is 514 g/mol. The van der Waals surface area contributed by atoms with E-state index in [1.807, 2.05) is 0 Å². The van der Waals surface area contributed by atoms with Gasteiger partial charge >= 0.3 is 12.2 Å². The van der Waals surface area contributed by atoms with Gasteiger partial charge < -0.3 is 15.1 Å². The number of hydrogen-bond acceptors (Lipinski definition) is 5. The highest BCUT2D eigenvalue weighted by Crippen LogP contribution is 2.32. The van der Waals surface area contributed by atoms with Crippen molar-refractivity contribution in [2.45, 2.75) is 42.4 Å². The molecule has 2 saturated heterocycles. The van der Waals surface area contributed by atoms with Crippen LogP contribution in [0.1, 0.15) is 24.0 Å². The minimum absolute atomic E-state index is 0.0686. The highest BCUT2D eigenvalue weighted by molar-refractivity contribution is 7.90. The summed E-state index contributed by atoms with van der Waals surface area (Å²) in [6, 6.07) is 0.530. The van der Waals surface area contributed by atoms with Gasteiger partial charge in [0.15, 0.2) is 21.5 Å². The first-order valence-corrected chi connectivity index (χ1v) is 12.9. The summed E-state index contributed by atoms with van der Waals surface area (Å²) in [5.41, 5.74) is -1.27. The highest BCUT2D eigenvalue weighted by atomic mass is 32.2. The number of pyridine rings is 1. The minimum atomic E-state index is -4.72. The number of benzene rings is 1. The molecule has 14 heteroatoms. The van der Waals surface area contributed by atoms with Crippen molar-refractivity contribution in [1.29, 1.82) is 0 Å². The lowest BCUT2D eigenvalue weighted by Gasteiger charge is -2.39. The van der Waals surface area contributed by atoms with Crippen molar-refractivity contribution in [2.75, 3.05) is 30.8 Å². The molecule has 4 rings (SSSR count). The number of carbonyl (C=O) groups is 1. The van der Waals surface area contributed by atoms with Gasteiger partial charge in [0.1, 0.15) is 16.5 Å². The van der Waals surface area contributed by atoms with Crippen LogP contribution in [0.25, 0.3) is 0 Å². The monoisotopic (exact) mass is 536 g/mol. The number of sulfone groups is 1. The Balaban J connectivity index is 1.46. The van der Waals surface area contributed by atoms with Gasteiger partial charge in [0.2, 0.25) is 0 Å². The number of carbonyl (C=O) groups excluding carboxylic acids is 1. The molecule has 0 spiro atoms. The van der Waals surface area contributed by atoms with Gasteiger partial charge in [0.25, 0.3) is 0 Å². The average molecular weight is 536 g/mol. The van der Waals surface area contributed by atoms with Crippen LogP contribution in [0.15, 0.2) is 29.3 Å². The van der Waals surface area contributed by atoms with Crippen molar-refractivity contribution >= 4 is 21.7 Å². The topological polar surface area (TPSA) is 82.6 Å². The smallest absolute Gasteiger partial charge is 0.354 e. The van der Waals surface area contributed by atoms with Gasteiger partial charge in [-0.3, -0.25) is 0 Å². The van der Waals surface area contributed by atoms with Crippen molar-refractivity contribution in [3.8, 4) is 0 Å². The van der Waals surface area contributed by atoms with E-state index in [9.17, 15) is 39.6 Å². The molecule has 1 aromatic carbocycles. The summed E-state index contributed by atoms with van der Waals surface area (Å²) in [6.07, 6.45) is -2.76. The maximum Gasteiger partial charge on any atom is 0.417 e. The molecule has 2 aliphatic heterocycles. The van der Waals surface area contributed by atoms with Crippen LogP contribution in [-0.4, -0.2) is 62.3 Å². The molecule has 0 aliphatic carbocycles. The Hall–Kier alpha value is -3.03. The van der Waals surface area contributed by atoms with Crippen molar-refractivity contribution in [2.24, 2.45) is 0 Å². The van der Waals surface area contributed by atoms with Crippen molar-refractivity contribution in [1.82, 2.24) is 15.2 Å². The Morgan fingerprint density at radius 2 is 1.72 bits per heavy atom. The Morgan fingerprint density at radius 1 is 1.06 bits per heavy atom. The normalized spacial score (nSPS) is 19.6. The van der Waals surface area contributed by atoms with Crippen LogP contribution in [0.4, 0.5) is 37.0 Å². The highest BCUT2D eigenvalue weighted by Gasteiger charge is 2.39. The van der Waals surface area contributed by atoms with Gasteiger partial charge in [-0.15, -0.1) is 0 Å². The van der Waals surface area contributed by atoms with Gasteiger partial charge in [-0.1, -0.05) is 0 Å². The number of hydrogen-bond donors (Lipinski definition) is 1. The molecule has 0 saturated carbocycles. The lowest BCUT2D eigenvalue weighted by Crippen LogP contribution is -2.50. The average Bonchev–Trinajstić information content (AvgIpc) is 3.14. The van der Waals surface area contributed by atoms with E-state index in [1.54, 1.807) is 0 Å². The molecular formula is C22H22F6N4O3S. The predicted octanol–water partition coefficient (Wildman–Crippen LogP) is 3.53. The second-order valence-corrected chi connectivity index (χ2v) is 10.8. The third-order valence-electron chi connectivity index (χ3n) is 6.38. The van der Waals surface area contributed by atoms with Crippen molar-refractivity contribution < 1.29 is 39.6 Å². The van der Waals surface area contributed by atoms with Crippen LogP contribution in [-0.2, 0) is 22.4 Å². The van der Waals surface area contributed by atoms with E-state index >= 15 is 0 Å². The first-order chi connectivity index (χ1) is 16.8. The van der Waals surface area contributed by atoms with E-state index in [1.165, 1.54) is 9.80 Å². The molecule has 2 aromatic rings. The van der Waals surface area contributed by atoms with Gasteiger partial charge in [-0.05, 0) is 43.0 Å². The second kappa shape index (κ2) is 9.45. The molecule has 1 unspecified atom stereocenters. The molecule has 7 nitrogen and oxygen atoms in total. The zero-order valence-corrected chi connectivity index (χ0v) is 19.8. The molecule has 1 N–H and O–H groups in total.